The van der Waals surface area contributed by atoms with E-state index in [4.69, 9.17) is 5.11 Å². The number of H-pyrrole nitrogens is 1. The van der Waals surface area contributed by atoms with E-state index in [1.165, 1.54) is 4.57 Å². The summed E-state index contributed by atoms with van der Waals surface area (Å²) >= 11 is 0. The Morgan fingerprint density at radius 1 is 1.58 bits per heavy atom. The van der Waals surface area contributed by atoms with Crippen molar-refractivity contribution in [3.05, 3.63) is 32.6 Å². The standard InChI is InChI=1S/C12H17N3O4/c1-7(14(2)8-3-4-8)5-15-6-9(11(17)18)10(16)13-12(15)19/h6-8H,3-5H2,1-2H3,(H,17,18)(H,13,16,19). The summed E-state index contributed by atoms with van der Waals surface area (Å²) in [6.45, 7) is 2.32. The van der Waals surface area contributed by atoms with Crippen LogP contribution in [-0.4, -0.2) is 44.7 Å². The third kappa shape index (κ3) is 2.93. The minimum absolute atomic E-state index is 0.0951. The Morgan fingerprint density at radius 3 is 2.74 bits per heavy atom. The van der Waals surface area contributed by atoms with Crippen LogP contribution in [0.3, 0.4) is 0 Å². The van der Waals surface area contributed by atoms with Crippen LogP contribution in [0.2, 0.25) is 0 Å². The lowest BCUT2D eigenvalue weighted by Crippen LogP contribution is -2.40. The second-order valence-corrected chi connectivity index (χ2v) is 5.01. The maximum absolute atomic E-state index is 11.7. The van der Waals surface area contributed by atoms with Gasteiger partial charge in [-0.15, -0.1) is 0 Å². The predicted octanol–water partition coefficient (Wildman–Crippen LogP) is -0.282. The summed E-state index contributed by atoms with van der Waals surface area (Å²) < 4.78 is 1.24. The van der Waals surface area contributed by atoms with Gasteiger partial charge in [-0.05, 0) is 26.8 Å². The first-order valence-electron chi connectivity index (χ1n) is 6.19. The lowest BCUT2D eigenvalue weighted by molar-refractivity contribution is 0.0693. The highest BCUT2D eigenvalue weighted by Gasteiger charge is 2.29. The number of nitrogens with zero attached hydrogens (tertiary/aromatic N) is 2. The molecule has 7 nitrogen and oxygen atoms in total. The predicted molar refractivity (Wildman–Crippen MR) is 68.5 cm³/mol. The lowest BCUT2D eigenvalue weighted by atomic mass is 10.2. The molecule has 1 saturated carbocycles. The van der Waals surface area contributed by atoms with E-state index >= 15 is 0 Å². The molecule has 2 rings (SSSR count). The van der Waals surface area contributed by atoms with E-state index in [1.54, 1.807) is 0 Å². The minimum atomic E-state index is -1.33. The van der Waals surface area contributed by atoms with E-state index in [2.05, 4.69) is 4.90 Å². The van der Waals surface area contributed by atoms with Crippen LogP contribution in [0, 0.1) is 0 Å². The van der Waals surface area contributed by atoms with Gasteiger partial charge in [0.25, 0.3) is 5.56 Å². The number of aromatic amines is 1. The number of carbonyl (C=O) groups is 1. The second kappa shape index (κ2) is 5.00. The molecular formula is C12H17N3O4. The third-order valence-electron chi connectivity index (χ3n) is 3.52. The Bertz CT molecular complexity index is 600. The van der Waals surface area contributed by atoms with E-state index in [0.717, 1.165) is 19.0 Å². The van der Waals surface area contributed by atoms with Crippen LogP contribution in [0.4, 0.5) is 0 Å². The number of hydrogen-bond acceptors (Lipinski definition) is 4. The smallest absolute Gasteiger partial charge is 0.342 e. The number of nitrogens with one attached hydrogen (secondary N) is 1. The lowest BCUT2D eigenvalue weighted by Gasteiger charge is -2.24. The molecule has 2 N–H and O–H groups in total. The first kappa shape index (κ1) is 13.5. The van der Waals surface area contributed by atoms with Crippen LogP contribution in [-0.2, 0) is 6.54 Å². The minimum Gasteiger partial charge on any atom is -0.477 e. The zero-order valence-corrected chi connectivity index (χ0v) is 10.9. The fourth-order valence-corrected chi connectivity index (χ4v) is 2.05. The number of rotatable bonds is 5. The van der Waals surface area contributed by atoms with Gasteiger partial charge >= 0.3 is 11.7 Å². The molecule has 0 aromatic carbocycles. The van der Waals surface area contributed by atoms with Crippen molar-refractivity contribution >= 4 is 5.97 Å². The normalized spacial score (nSPS) is 16.6. The van der Waals surface area contributed by atoms with Crippen LogP contribution < -0.4 is 11.2 Å². The van der Waals surface area contributed by atoms with E-state index in [1.807, 2.05) is 19.0 Å². The highest BCUT2D eigenvalue weighted by molar-refractivity contribution is 5.86. The fourth-order valence-electron chi connectivity index (χ4n) is 2.05. The van der Waals surface area contributed by atoms with Gasteiger partial charge in [0.1, 0.15) is 5.56 Å². The average Bonchev–Trinajstić information content (AvgIpc) is 3.15. The zero-order valence-electron chi connectivity index (χ0n) is 10.9. The Balaban J connectivity index is 2.24. The van der Waals surface area contributed by atoms with Crippen molar-refractivity contribution in [3.63, 3.8) is 0 Å². The number of aromatic nitrogens is 2. The van der Waals surface area contributed by atoms with Gasteiger partial charge in [0.15, 0.2) is 0 Å². The summed E-state index contributed by atoms with van der Waals surface area (Å²) in [6.07, 6.45) is 3.42. The number of aromatic carboxylic acids is 1. The molecule has 104 valence electrons. The van der Waals surface area contributed by atoms with Crippen molar-refractivity contribution in [1.29, 1.82) is 0 Å². The Labute approximate surface area is 109 Å². The van der Waals surface area contributed by atoms with Crippen LogP contribution >= 0.6 is 0 Å². The van der Waals surface area contributed by atoms with E-state index in [9.17, 15) is 14.4 Å². The molecule has 1 aliphatic rings. The molecule has 0 radical (unpaired) electrons. The monoisotopic (exact) mass is 267 g/mol. The van der Waals surface area contributed by atoms with Crippen molar-refractivity contribution in [2.45, 2.75) is 38.4 Å². The van der Waals surface area contributed by atoms with Gasteiger partial charge in [0.2, 0.25) is 0 Å². The average molecular weight is 267 g/mol. The zero-order chi connectivity index (χ0) is 14.2. The SMILES string of the molecule is CC(Cn1cc(C(=O)O)c(=O)[nH]c1=O)N(C)C1CC1. The summed E-state index contributed by atoms with van der Waals surface area (Å²) in [6, 6.07) is 0.644. The molecule has 1 aliphatic carbocycles. The molecule has 19 heavy (non-hydrogen) atoms. The Hall–Kier alpha value is -1.89. The van der Waals surface area contributed by atoms with Crippen LogP contribution in [0.15, 0.2) is 15.8 Å². The summed E-state index contributed by atoms with van der Waals surface area (Å²) in [5.41, 5.74) is -1.86. The molecule has 7 heteroatoms. The fraction of sp³-hybridized carbons (Fsp3) is 0.583. The molecule has 0 saturated heterocycles. The van der Waals surface area contributed by atoms with Crippen LogP contribution in [0.1, 0.15) is 30.1 Å². The summed E-state index contributed by atoms with van der Waals surface area (Å²) in [4.78, 5) is 38.0. The molecule has 1 unspecified atom stereocenters. The van der Waals surface area contributed by atoms with Gasteiger partial charge in [-0.25, -0.2) is 9.59 Å². The molecule has 1 aromatic heterocycles. The van der Waals surface area contributed by atoms with Crippen LogP contribution in [0.5, 0.6) is 0 Å². The third-order valence-corrected chi connectivity index (χ3v) is 3.52. The van der Waals surface area contributed by atoms with E-state index < -0.39 is 22.8 Å². The van der Waals surface area contributed by atoms with Crippen molar-refractivity contribution in [2.24, 2.45) is 0 Å². The Kier molecular flexibility index (Phi) is 3.57. The van der Waals surface area contributed by atoms with Crippen molar-refractivity contribution < 1.29 is 9.90 Å². The topological polar surface area (TPSA) is 95.4 Å². The van der Waals surface area contributed by atoms with Gasteiger partial charge in [-0.1, -0.05) is 0 Å². The summed E-state index contributed by atoms with van der Waals surface area (Å²) in [5, 5.41) is 8.88. The molecule has 1 atom stereocenters. The highest BCUT2D eigenvalue weighted by atomic mass is 16.4. The summed E-state index contributed by atoms with van der Waals surface area (Å²) in [5.74, 6) is -1.33. The van der Waals surface area contributed by atoms with E-state index in [0.29, 0.717) is 12.6 Å². The van der Waals surface area contributed by atoms with Gasteiger partial charge in [-0.2, -0.15) is 0 Å². The number of carboxylic acid groups (broad SMARTS) is 1. The molecule has 0 spiro atoms. The van der Waals surface area contributed by atoms with Gasteiger partial charge in [0, 0.05) is 24.8 Å². The van der Waals surface area contributed by atoms with Crippen molar-refractivity contribution in [3.8, 4) is 0 Å². The van der Waals surface area contributed by atoms with Crippen molar-refractivity contribution in [2.75, 3.05) is 7.05 Å². The van der Waals surface area contributed by atoms with Crippen LogP contribution in [0.25, 0.3) is 0 Å². The van der Waals surface area contributed by atoms with Gasteiger partial charge in [0.05, 0.1) is 0 Å². The first-order valence-corrected chi connectivity index (χ1v) is 6.19. The second-order valence-electron chi connectivity index (χ2n) is 5.01. The highest BCUT2D eigenvalue weighted by Crippen LogP contribution is 2.27. The number of hydrogen-bond donors (Lipinski definition) is 2. The molecule has 1 aromatic rings. The van der Waals surface area contributed by atoms with Gasteiger partial charge < -0.3 is 5.11 Å². The summed E-state index contributed by atoms with van der Waals surface area (Å²) in [7, 11) is 1.98. The van der Waals surface area contributed by atoms with E-state index in [-0.39, 0.29) is 6.04 Å². The maximum atomic E-state index is 11.7. The van der Waals surface area contributed by atoms with Crippen molar-refractivity contribution in [1.82, 2.24) is 14.5 Å². The molecule has 0 amide bonds. The molecule has 0 aliphatic heterocycles. The molecule has 1 heterocycles. The number of likely N-dealkylation sites (N-methyl/N-ethyl adjacent to an activating group) is 1. The maximum Gasteiger partial charge on any atom is 0.342 e. The molecule has 0 bridgehead atoms. The Morgan fingerprint density at radius 2 is 2.21 bits per heavy atom. The molecule has 1 fully saturated rings. The number of carboxylic acids is 1. The first-order chi connectivity index (χ1) is 8.90. The molecular weight excluding hydrogens is 250 g/mol. The largest absolute Gasteiger partial charge is 0.477 e. The quantitative estimate of drug-likeness (QED) is 0.765. The van der Waals surface area contributed by atoms with Gasteiger partial charge in [-0.3, -0.25) is 19.2 Å².